The van der Waals surface area contributed by atoms with Crippen LogP contribution < -0.4 is 0 Å². The van der Waals surface area contributed by atoms with Gasteiger partial charge in [0.15, 0.2) is 0 Å². The Morgan fingerprint density at radius 1 is 0.744 bits per heavy atom. The molecule has 0 saturated heterocycles. The van der Waals surface area contributed by atoms with E-state index in [-0.39, 0.29) is 34.3 Å². The fraction of sp³-hybridized carbons (Fsp3) is 0.107. The van der Waals surface area contributed by atoms with Crippen LogP contribution in [0.2, 0.25) is 0 Å². The van der Waals surface area contributed by atoms with Crippen LogP contribution in [0.3, 0.4) is 0 Å². The molecule has 0 spiro atoms. The van der Waals surface area contributed by atoms with E-state index in [4.69, 9.17) is 0 Å². The molecule has 0 radical (unpaired) electrons. The van der Waals surface area contributed by atoms with Crippen molar-refractivity contribution in [1.82, 2.24) is 4.31 Å². The Morgan fingerprint density at radius 2 is 1.26 bits per heavy atom. The molecule has 4 aromatic carbocycles. The average Bonchev–Trinajstić information content (AvgIpc) is 2.92. The van der Waals surface area contributed by atoms with E-state index in [0.29, 0.717) is 11.1 Å². The maximum absolute atomic E-state index is 14.0. The molecule has 0 fully saturated rings. The van der Waals surface area contributed by atoms with Crippen LogP contribution in [0.4, 0.5) is 5.69 Å². The van der Waals surface area contributed by atoms with Crippen LogP contribution in [-0.4, -0.2) is 31.9 Å². The summed E-state index contributed by atoms with van der Waals surface area (Å²) in [5, 5.41) is 11.1. The molecule has 0 aliphatic carbocycles. The number of benzene rings is 4. The molecule has 4 aromatic rings. The highest BCUT2D eigenvalue weighted by Crippen LogP contribution is 2.25. The molecule has 4 rings (SSSR count). The first-order chi connectivity index (χ1) is 18.6. The summed E-state index contributed by atoms with van der Waals surface area (Å²) in [7, 11) is -8.71. The zero-order valence-electron chi connectivity index (χ0n) is 20.9. The summed E-state index contributed by atoms with van der Waals surface area (Å²) in [4.78, 5) is 10.2. The Balaban J connectivity index is 1.90. The number of nitro benzene ring substituents is 1. The molecule has 0 heterocycles. The van der Waals surface area contributed by atoms with Gasteiger partial charge in [-0.2, -0.15) is 8.42 Å². The molecule has 0 aliphatic heterocycles. The van der Waals surface area contributed by atoms with E-state index in [1.54, 1.807) is 72.8 Å². The van der Waals surface area contributed by atoms with Gasteiger partial charge in [-0.1, -0.05) is 78.4 Å². The summed E-state index contributed by atoms with van der Waals surface area (Å²) >= 11 is 0. The monoisotopic (exact) mass is 563 g/mol. The highest BCUT2D eigenvalue weighted by molar-refractivity contribution is 7.91. The number of rotatable bonds is 9. The molecular weight excluding hydrogens is 538 g/mol. The zero-order valence-corrected chi connectivity index (χ0v) is 22.5. The summed E-state index contributed by atoms with van der Waals surface area (Å²) in [5.74, 6) is -0.219. The number of amidine groups is 1. The van der Waals surface area contributed by atoms with Gasteiger partial charge in [0.2, 0.25) is 0 Å². The smallest absolute Gasteiger partial charge is 0.258 e. The third-order valence-electron chi connectivity index (χ3n) is 5.84. The third-order valence-corrected chi connectivity index (χ3v) is 8.95. The molecule has 0 N–H and O–H groups in total. The number of aryl methyl sites for hydroxylation is 1. The minimum Gasteiger partial charge on any atom is -0.258 e. The molecule has 0 aromatic heterocycles. The SMILES string of the molecule is Cc1ccc(S(=O)(=O)/N=C(\Cc2ccccc2)N(Cc2ccccc2)S(=O)(=O)c2ccc([N+](=O)[O-])cc2)cc1. The third kappa shape index (κ3) is 6.75. The van der Waals surface area contributed by atoms with Gasteiger partial charge in [0.1, 0.15) is 5.84 Å². The molecule has 0 atom stereocenters. The van der Waals surface area contributed by atoms with Crippen LogP contribution in [0.1, 0.15) is 16.7 Å². The topological polar surface area (TPSA) is 127 Å². The molecule has 39 heavy (non-hydrogen) atoms. The van der Waals surface area contributed by atoms with Gasteiger partial charge in [-0.05, 0) is 42.3 Å². The number of hydrogen-bond donors (Lipinski definition) is 0. The molecule has 0 unspecified atom stereocenters. The first-order valence-electron chi connectivity index (χ1n) is 11.8. The van der Waals surface area contributed by atoms with Crippen molar-refractivity contribution in [2.24, 2.45) is 4.40 Å². The number of non-ortho nitro benzene ring substituents is 1. The van der Waals surface area contributed by atoms with Crippen molar-refractivity contribution >= 4 is 31.6 Å². The molecular formula is C28H25N3O6S2. The molecule has 0 saturated carbocycles. The number of sulfonamides is 2. The highest BCUT2D eigenvalue weighted by Gasteiger charge is 2.30. The van der Waals surface area contributed by atoms with Gasteiger partial charge in [-0.3, -0.25) is 10.1 Å². The summed E-state index contributed by atoms with van der Waals surface area (Å²) in [6, 6.07) is 28.0. The van der Waals surface area contributed by atoms with Crippen molar-refractivity contribution in [3.63, 3.8) is 0 Å². The van der Waals surface area contributed by atoms with Crippen molar-refractivity contribution < 1.29 is 21.8 Å². The second-order valence-electron chi connectivity index (χ2n) is 8.71. The largest absolute Gasteiger partial charge is 0.283 e. The second-order valence-corrected chi connectivity index (χ2v) is 12.2. The maximum Gasteiger partial charge on any atom is 0.283 e. The zero-order chi connectivity index (χ0) is 28.0. The number of nitro groups is 1. The van der Waals surface area contributed by atoms with Gasteiger partial charge in [-0.15, -0.1) is 4.40 Å². The lowest BCUT2D eigenvalue weighted by Crippen LogP contribution is -2.38. The fourth-order valence-electron chi connectivity index (χ4n) is 3.78. The van der Waals surface area contributed by atoms with Crippen LogP contribution in [0.5, 0.6) is 0 Å². The van der Waals surface area contributed by atoms with Crippen LogP contribution in [0, 0.1) is 17.0 Å². The van der Waals surface area contributed by atoms with Crippen LogP contribution in [0.15, 0.2) is 123 Å². The molecule has 0 bridgehead atoms. The lowest BCUT2D eigenvalue weighted by molar-refractivity contribution is -0.384. The summed E-state index contributed by atoms with van der Waals surface area (Å²) in [6.07, 6.45) is -0.106. The van der Waals surface area contributed by atoms with E-state index >= 15 is 0 Å². The Bertz CT molecular complexity index is 1690. The first-order valence-corrected chi connectivity index (χ1v) is 14.7. The second kappa shape index (κ2) is 11.6. The van der Waals surface area contributed by atoms with Gasteiger partial charge in [0.25, 0.3) is 25.7 Å². The van der Waals surface area contributed by atoms with Gasteiger partial charge in [0, 0.05) is 18.6 Å². The van der Waals surface area contributed by atoms with Crippen molar-refractivity contribution in [3.8, 4) is 0 Å². The Morgan fingerprint density at radius 3 is 1.79 bits per heavy atom. The van der Waals surface area contributed by atoms with E-state index in [2.05, 4.69) is 4.40 Å². The first kappa shape index (κ1) is 27.7. The highest BCUT2D eigenvalue weighted by atomic mass is 32.2. The van der Waals surface area contributed by atoms with E-state index in [0.717, 1.165) is 34.1 Å². The fourth-order valence-corrected chi connectivity index (χ4v) is 6.29. The van der Waals surface area contributed by atoms with Crippen molar-refractivity contribution in [2.45, 2.75) is 29.7 Å². The average molecular weight is 564 g/mol. The van der Waals surface area contributed by atoms with Gasteiger partial charge in [-0.25, -0.2) is 12.7 Å². The Labute approximate surface area is 227 Å². The van der Waals surface area contributed by atoms with E-state index in [9.17, 15) is 26.9 Å². The van der Waals surface area contributed by atoms with Crippen LogP contribution in [0.25, 0.3) is 0 Å². The molecule has 0 aliphatic rings. The van der Waals surface area contributed by atoms with E-state index < -0.39 is 25.0 Å². The van der Waals surface area contributed by atoms with Crippen LogP contribution in [-0.2, 0) is 33.0 Å². The van der Waals surface area contributed by atoms with E-state index in [1.165, 1.54) is 12.1 Å². The molecule has 200 valence electrons. The van der Waals surface area contributed by atoms with Gasteiger partial charge < -0.3 is 0 Å². The van der Waals surface area contributed by atoms with E-state index in [1.807, 2.05) is 6.92 Å². The van der Waals surface area contributed by atoms with Crippen molar-refractivity contribution in [1.29, 1.82) is 0 Å². The Hall–Kier alpha value is -4.35. The lowest BCUT2D eigenvalue weighted by Gasteiger charge is -2.26. The molecule has 0 amide bonds. The molecule has 9 nitrogen and oxygen atoms in total. The van der Waals surface area contributed by atoms with Crippen LogP contribution >= 0.6 is 0 Å². The van der Waals surface area contributed by atoms with Gasteiger partial charge >= 0.3 is 0 Å². The number of nitrogens with zero attached hydrogens (tertiary/aromatic N) is 3. The summed E-state index contributed by atoms with van der Waals surface area (Å²) in [6.45, 7) is 1.61. The molecule has 11 heteroatoms. The standard InChI is InChI=1S/C28H25N3O6S2/c1-22-12-16-26(17-13-22)38(34,35)29-28(20-23-8-4-2-5-9-23)30(21-24-10-6-3-7-11-24)39(36,37)27-18-14-25(15-19-27)31(32)33/h2-19H,20-21H2,1H3/b29-28+. The normalized spacial score (nSPS) is 12.2. The summed E-state index contributed by atoms with van der Waals surface area (Å²) < 4.78 is 59.8. The quantitative estimate of drug-likeness (QED) is 0.120. The number of hydrogen-bond acceptors (Lipinski definition) is 6. The minimum atomic E-state index is -4.41. The summed E-state index contributed by atoms with van der Waals surface area (Å²) in [5.41, 5.74) is 1.82. The Kier molecular flexibility index (Phi) is 8.22. The predicted molar refractivity (Wildman–Crippen MR) is 148 cm³/mol. The minimum absolute atomic E-state index is 0.0777. The maximum atomic E-state index is 14.0. The predicted octanol–water partition coefficient (Wildman–Crippen LogP) is 5.12. The van der Waals surface area contributed by atoms with Crippen molar-refractivity contribution in [2.75, 3.05) is 0 Å². The lowest BCUT2D eigenvalue weighted by atomic mass is 10.1. The van der Waals surface area contributed by atoms with Gasteiger partial charge in [0.05, 0.1) is 21.3 Å². The van der Waals surface area contributed by atoms with Crippen molar-refractivity contribution in [3.05, 3.63) is 136 Å².